The van der Waals surface area contributed by atoms with Crippen molar-refractivity contribution in [3.63, 3.8) is 0 Å². The molecule has 1 aromatic carbocycles. The first kappa shape index (κ1) is 14.0. The van der Waals surface area contributed by atoms with Crippen LogP contribution in [0.25, 0.3) is 10.9 Å². The number of rotatable bonds is 5. The van der Waals surface area contributed by atoms with Crippen molar-refractivity contribution >= 4 is 16.6 Å². The van der Waals surface area contributed by atoms with E-state index in [0.29, 0.717) is 18.5 Å². The number of nitro benzene ring substituents is 1. The predicted octanol–water partition coefficient (Wildman–Crippen LogP) is 3.09. The third kappa shape index (κ3) is 3.06. The standard InChI is InChI=1S/C15H18N2O4/c18-17(19)14-5-3-4-13-12(14)7-8-16(13)9-11-21-15-6-1-2-10-20-15/h3-5,7-8,15H,1-2,6,9-11H2. The van der Waals surface area contributed by atoms with Crippen molar-refractivity contribution in [2.75, 3.05) is 13.2 Å². The van der Waals surface area contributed by atoms with E-state index in [2.05, 4.69) is 0 Å². The fraction of sp³-hybridized carbons (Fsp3) is 0.467. The van der Waals surface area contributed by atoms with Gasteiger partial charge in [0.2, 0.25) is 0 Å². The number of aromatic nitrogens is 1. The Morgan fingerprint density at radius 3 is 3.05 bits per heavy atom. The summed E-state index contributed by atoms with van der Waals surface area (Å²) in [6.45, 7) is 1.96. The van der Waals surface area contributed by atoms with E-state index in [1.54, 1.807) is 12.1 Å². The molecule has 0 saturated carbocycles. The minimum atomic E-state index is -0.348. The Labute approximate surface area is 122 Å². The van der Waals surface area contributed by atoms with Crippen molar-refractivity contribution in [2.45, 2.75) is 32.1 Å². The normalized spacial score (nSPS) is 19.0. The van der Waals surface area contributed by atoms with Crippen LogP contribution in [0, 0.1) is 10.1 Å². The average Bonchev–Trinajstić information content (AvgIpc) is 2.91. The zero-order chi connectivity index (χ0) is 14.7. The molecule has 1 aromatic heterocycles. The molecule has 1 fully saturated rings. The van der Waals surface area contributed by atoms with Gasteiger partial charge in [0.15, 0.2) is 6.29 Å². The summed E-state index contributed by atoms with van der Waals surface area (Å²) in [6, 6.07) is 6.91. The first-order valence-electron chi connectivity index (χ1n) is 7.21. The van der Waals surface area contributed by atoms with Gasteiger partial charge >= 0.3 is 0 Å². The smallest absolute Gasteiger partial charge is 0.278 e. The van der Waals surface area contributed by atoms with E-state index in [9.17, 15) is 10.1 Å². The molecule has 21 heavy (non-hydrogen) atoms. The summed E-state index contributed by atoms with van der Waals surface area (Å²) in [5.41, 5.74) is 1.00. The van der Waals surface area contributed by atoms with Crippen LogP contribution < -0.4 is 0 Å². The number of hydrogen-bond donors (Lipinski definition) is 0. The molecule has 0 spiro atoms. The highest BCUT2D eigenvalue weighted by molar-refractivity contribution is 5.89. The number of nitro groups is 1. The van der Waals surface area contributed by atoms with E-state index in [-0.39, 0.29) is 16.9 Å². The number of fused-ring (bicyclic) bond motifs is 1. The third-order valence-corrected chi connectivity index (χ3v) is 3.76. The van der Waals surface area contributed by atoms with Crippen molar-refractivity contribution in [1.29, 1.82) is 0 Å². The van der Waals surface area contributed by atoms with Gasteiger partial charge in [-0.2, -0.15) is 0 Å². The van der Waals surface area contributed by atoms with Crippen molar-refractivity contribution in [1.82, 2.24) is 4.57 Å². The SMILES string of the molecule is O=[N+]([O-])c1cccc2c1ccn2CCOC1CCCCO1. The van der Waals surface area contributed by atoms with E-state index in [1.807, 2.05) is 16.8 Å². The molecule has 1 aliphatic heterocycles. The molecule has 1 aliphatic rings. The summed E-state index contributed by atoms with van der Waals surface area (Å²) < 4.78 is 13.2. The summed E-state index contributed by atoms with van der Waals surface area (Å²) >= 11 is 0. The topological polar surface area (TPSA) is 66.5 Å². The highest BCUT2D eigenvalue weighted by Gasteiger charge is 2.15. The molecule has 3 rings (SSSR count). The zero-order valence-corrected chi connectivity index (χ0v) is 11.7. The summed E-state index contributed by atoms with van der Waals surface area (Å²) in [4.78, 5) is 10.7. The van der Waals surface area contributed by atoms with Crippen molar-refractivity contribution in [2.24, 2.45) is 0 Å². The third-order valence-electron chi connectivity index (χ3n) is 3.76. The molecule has 0 radical (unpaired) electrons. The van der Waals surface area contributed by atoms with Gasteiger partial charge in [-0.05, 0) is 31.4 Å². The molecule has 0 amide bonds. The molecular formula is C15H18N2O4. The van der Waals surface area contributed by atoms with E-state index in [1.165, 1.54) is 6.07 Å². The zero-order valence-electron chi connectivity index (χ0n) is 11.7. The Kier molecular flexibility index (Phi) is 4.17. The molecule has 0 bridgehead atoms. The summed E-state index contributed by atoms with van der Waals surface area (Å²) in [6.07, 6.45) is 4.95. The Morgan fingerprint density at radius 1 is 1.38 bits per heavy atom. The van der Waals surface area contributed by atoms with Crippen LogP contribution in [0.1, 0.15) is 19.3 Å². The Hall–Kier alpha value is -1.92. The lowest BCUT2D eigenvalue weighted by molar-refractivity contribution is -0.383. The summed E-state index contributed by atoms with van der Waals surface area (Å²) in [5.74, 6) is 0. The lowest BCUT2D eigenvalue weighted by Gasteiger charge is -2.22. The second-order valence-corrected chi connectivity index (χ2v) is 5.14. The maximum atomic E-state index is 11.0. The van der Waals surface area contributed by atoms with E-state index < -0.39 is 0 Å². The maximum Gasteiger partial charge on any atom is 0.278 e. The van der Waals surface area contributed by atoms with Crippen LogP contribution in [0.5, 0.6) is 0 Å². The number of non-ortho nitro benzene ring substituents is 1. The van der Waals surface area contributed by atoms with E-state index in [0.717, 1.165) is 31.4 Å². The Balaban J connectivity index is 1.67. The van der Waals surface area contributed by atoms with Crippen LogP contribution in [-0.4, -0.2) is 29.0 Å². The molecular weight excluding hydrogens is 272 g/mol. The first-order chi connectivity index (χ1) is 10.3. The molecule has 0 N–H and O–H groups in total. The fourth-order valence-corrected chi connectivity index (χ4v) is 2.69. The van der Waals surface area contributed by atoms with Gasteiger partial charge in [0, 0.05) is 25.4 Å². The number of benzene rings is 1. The van der Waals surface area contributed by atoms with Gasteiger partial charge in [0.1, 0.15) is 0 Å². The fourth-order valence-electron chi connectivity index (χ4n) is 2.69. The minimum absolute atomic E-state index is 0.102. The second kappa shape index (κ2) is 6.24. The summed E-state index contributed by atoms with van der Waals surface area (Å²) in [7, 11) is 0. The molecule has 112 valence electrons. The quantitative estimate of drug-likeness (QED) is 0.627. The summed E-state index contributed by atoms with van der Waals surface area (Å²) in [5, 5.41) is 11.7. The van der Waals surface area contributed by atoms with E-state index in [4.69, 9.17) is 9.47 Å². The van der Waals surface area contributed by atoms with Gasteiger partial charge in [-0.1, -0.05) is 6.07 Å². The Bertz CT molecular complexity index is 632. The minimum Gasteiger partial charge on any atom is -0.353 e. The highest BCUT2D eigenvalue weighted by atomic mass is 16.7. The van der Waals surface area contributed by atoms with Gasteiger partial charge < -0.3 is 14.0 Å². The molecule has 1 atom stereocenters. The lowest BCUT2D eigenvalue weighted by Crippen LogP contribution is -2.23. The Morgan fingerprint density at radius 2 is 2.29 bits per heavy atom. The first-order valence-corrected chi connectivity index (χ1v) is 7.21. The predicted molar refractivity (Wildman–Crippen MR) is 78.1 cm³/mol. The lowest BCUT2D eigenvalue weighted by atomic mass is 10.2. The molecule has 6 heteroatoms. The van der Waals surface area contributed by atoms with Crippen LogP contribution in [0.3, 0.4) is 0 Å². The van der Waals surface area contributed by atoms with Crippen LogP contribution in [0.4, 0.5) is 5.69 Å². The molecule has 0 aliphatic carbocycles. The van der Waals surface area contributed by atoms with Crippen molar-refractivity contribution in [3.8, 4) is 0 Å². The molecule has 1 saturated heterocycles. The highest BCUT2D eigenvalue weighted by Crippen LogP contribution is 2.26. The van der Waals surface area contributed by atoms with Crippen LogP contribution >= 0.6 is 0 Å². The molecule has 1 unspecified atom stereocenters. The van der Waals surface area contributed by atoms with Crippen molar-refractivity contribution < 1.29 is 14.4 Å². The van der Waals surface area contributed by atoms with Crippen LogP contribution in [0.2, 0.25) is 0 Å². The number of hydrogen-bond acceptors (Lipinski definition) is 4. The number of nitrogens with zero attached hydrogens (tertiary/aromatic N) is 2. The monoisotopic (exact) mass is 290 g/mol. The van der Waals surface area contributed by atoms with Gasteiger partial charge in [-0.25, -0.2) is 0 Å². The van der Waals surface area contributed by atoms with Crippen LogP contribution in [-0.2, 0) is 16.0 Å². The van der Waals surface area contributed by atoms with Crippen molar-refractivity contribution in [3.05, 3.63) is 40.6 Å². The van der Waals surface area contributed by atoms with Gasteiger partial charge in [0.05, 0.1) is 22.4 Å². The maximum absolute atomic E-state index is 11.0. The van der Waals surface area contributed by atoms with Crippen LogP contribution in [0.15, 0.2) is 30.5 Å². The molecule has 2 heterocycles. The largest absolute Gasteiger partial charge is 0.353 e. The molecule has 6 nitrogen and oxygen atoms in total. The average molecular weight is 290 g/mol. The van der Waals surface area contributed by atoms with E-state index >= 15 is 0 Å². The second-order valence-electron chi connectivity index (χ2n) is 5.14. The molecule has 2 aromatic rings. The number of ether oxygens (including phenoxy) is 2. The van der Waals surface area contributed by atoms with Gasteiger partial charge in [-0.3, -0.25) is 10.1 Å². The van der Waals surface area contributed by atoms with Gasteiger partial charge in [0.25, 0.3) is 5.69 Å². The van der Waals surface area contributed by atoms with Gasteiger partial charge in [-0.15, -0.1) is 0 Å².